The lowest BCUT2D eigenvalue weighted by Gasteiger charge is -2.09. The summed E-state index contributed by atoms with van der Waals surface area (Å²) in [6.07, 6.45) is 0.939. The van der Waals surface area contributed by atoms with Gasteiger partial charge in [0, 0.05) is 18.7 Å². The number of methoxy groups -OCH3 is 1. The summed E-state index contributed by atoms with van der Waals surface area (Å²) in [5, 5.41) is 3.44. The van der Waals surface area contributed by atoms with E-state index in [1.807, 2.05) is 18.2 Å². The van der Waals surface area contributed by atoms with Gasteiger partial charge in [-0.3, -0.25) is 0 Å². The molecule has 3 N–H and O–H groups in total. The van der Waals surface area contributed by atoms with Crippen molar-refractivity contribution in [3.8, 4) is 5.75 Å². The summed E-state index contributed by atoms with van der Waals surface area (Å²) >= 11 is 0. The third-order valence-electron chi connectivity index (χ3n) is 3.29. The van der Waals surface area contributed by atoms with Crippen LogP contribution in [0.15, 0.2) is 48.5 Å². The molecule has 0 aliphatic heterocycles. The predicted octanol–water partition coefficient (Wildman–Crippen LogP) is 2.49. The Morgan fingerprint density at radius 1 is 0.950 bits per heavy atom. The molecular weight excluding hydrogens is 248 g/mol. The lowest BCUT2D eigenvalue weighted by atomic mass is 10.1. The van der Waals surface area contributed by atoms with Gasteiger partial charge < -0.3 is 15.8 Å². The molecule has 0 saturated carbocycles. The number of hydrogen-bond donors (Lipinski definition) is 2. The smallest absolute Gasteiger partial charge is 0.123 e. The van der Waals surface area contributed by atoms with Crippen LogP contribution < -0.4 is 15.8 Å². The van der Waals surface area contributed by atoms with Crippen LogP contribution in [-0.4, -0.2) is 13.7 Å². The van der Waals surface area contributed by atoms with Gasteiger partial charge in [0.05, 0.1) is 7.11 Å². The van der Waals surface area contributed by atoms with E-state index in [0.29, 0.717) is 6.54 Å². The van der Waals surface area contributed by atoms with Gasteiger partial charge in [0.1, 0.15) is 5.75 Å². The zero-order valence-corrected chi connectivity index (χ0v) is 11.9. The number of hydrogen-bond acceptors (Lipinski definition) is 3. The zero-order chi connectivity index (χ0) is 14.2. The third kappa shape index (κ3) is 4.08. The molecule has 3 nitrogen and oxygen atoms in total. The van der Waals surface area contributed by atoms with E-state index in [1.54, 1.807) is 7.11 Å². The highest BCUT2D eigenvalue weighted by Crippen LogP contribution is 2.16. The number of nitrogens with one attached hydrogen (secondary N) is 1. The average Bonchev–Trinajstić information content (AvgIpc) is 2.50. The molecule has 0 aliphatic rings. The number of benzene rings is 2. The summed E-state index contributed by atoms with van der Waals surface area (Å²) in [5.41, 5.74) is 9.29. The Labute approximate surface area is 120 Å². The van der Waals surface area contributed by atoms with Gasteiger partial charge in [-0.1, -0.05) is 42.5 Å². The molecule has 2 rings (SSSR count). The van der Waals surface area contributed by atoms with Crippen LogP contribution in [0.4, 0.5) is 0 Å². The van der Waals surface area contributed by atoms with Crippen molar-refractivity contribution in [3.63, 3.8) is 0 Å². The molecule has 0 bridgehead atoms. The summed E-state index contributed by atoms with van der Waals surface area (Å²) in [6, 6.07) is 16.7. The summed E-state index contributed by atoms with van der Waals surface area (Å²) in [6.45, 7) is 2.35. The first-order valence-electron chi connectivity index (χ1n) is 6.94. The first kappa shape index (κ1) is 14.6. The van der Waals surface area contributed by atoms with Crippen molar-refractivity contribution in [1.82, 2.24) is 5.32 Å². The molecule has 0 unspecified atom stereocenters. The average molecular weight is 270 g/mol. The molecule has 0 radical (unpaired) electrons. The highest BCUT2D eigenvalue weighted by Gasteiger charge is 2.01. The molecule has 106 valence electrons. The maximum atomic E-state index is 5.55. The van der Waals surface area contributed by atoms with Gasteiger partial charge in [-0.05, 0) is 30.2 Å². The van der Waals surface area contributed by atoms with Crippen LogP contribution in [0.5, 0.6) is 5.75 Å². The van der Waals surface area contributed by atoms with E-state index in [4.69, 9.17) is 10.5 Å². The van der Waals surface area contributed by atoms with Crippen LogP contribution in [-0.2, 0) is 19.5 Å². The Bertz CT molecular complexity index is 523. The van der Waals surface area contributed by atoms with Gasteiger partial charge in [0.15, 0.2) is 0 Å². The Kier molecular flexibility index (Phi) is 5.59. The van der Waals surface area contributed by atoms with Gasteiger partial charge in [0.2, 0.25) is 0 Å². The van der Waals surface area contributed by atoms with Crippen LogP contribution in [0, 0.1) is 0 Å². The highest BCUT2D eigenvalue weighted by molar-refractivity contribution is 5.33. The molecule has 0 spiro atoms. The van der Waals surface area contributed by atoms with Crippen molar-refractivity contribution >= 4 is 0 Å². The second kappa shape index (κ2) is 7.68. The normalized spacial score (nSPS) is 10.5. The molecular formula is C17H22N2O. The minimum Gasteiger partial charge on any atom is -0.496 e. The molecule has 0 fully saturated rings. The van der Waals surface area contributed by atoms with Crippen molar-refractivity contribution < 1.29 is 4.74 Å². The van der Waals surface area contributed by atoms with E-state index in [1.165, 1.54) is 16.7 Å². The Morgan fingerprint density at radius 2 is 1.65 bits per heavy atom. The maximum absolute atomic E-state index is 5.55. The fourth-order valence-corrected chi connectivity index (χ4v) is 2.18. The largest absolute Gasteiger partial charge is 0.496 e. The second-order valence-corrected chi connectivity index (χ2v) is 4.77. The maximum Gasteiger partial charge on any atom is 0.123 e. The molecule has 0 aliphatic carbocycles. The third-order valence-corrected chi connectivity index (χ3v) is 3.29. The van der Waals surface area contributed by atoms with Crippen LogP contribution >= 0.6 is 0 Å². The first-order valence-corrected chi connectivity index (χ1v) is 6.94. The number of rotatable bonds is 7. The summed E-state index contributed by atoms with van der Waals surface area (Å²) < 4.78 is 5.34. The Morgan fingerprint density at radius 3 is 2.35 bits per heavy atom. The van der Waals surface area contributed by atoms with E-state index < -0.39 is 0 Å². The minimum atomic E-state index is 0.700. The molecule has 3 heteroatoms. The predicted molar refractivity (Wildman–Crippen MR) is 82.7 cm³/mol. The van der Waals surface area contributed by atoms with Gasteiger partial charge >= 0.3 is 0 Å². The fraction of sp³-hybridized carbons (Fsp3) is 0.294. The molecule has 0 amide bonds. The second-order valence-electron chi connectivity index (χ2n) is 4.77. The SMILES string of the molecule is COc1ccccc1CNCc1ccc(CCN)cc1. The summed E-state index contributed by atoms with van der Waals surface area (Å²) in [7, 11) is 1.70. The molecule has 0 atom stereocenters. The van der Waals surface area contributed by atoms with Gasteiger partial charge in [-0.2, -0.15) is 0 Å². The summed E-state index contributed by atoms with van der Waals surface area (Å²) in [4.78, 5) is 0. The Hall–Kier alpha value is -1.84. The zero-order valence-electron chi connectivity index (χ0n) is 11.9. The molecule has 2 aromatic rings. The summed E-state index contributed by atoms with van der Waals surface area (Å²) in [5.74, 6) is 0.929. The van der Waals surface area contributed by atoms with Gasteiger partial charge in [-0.15, -0.1) is 0 Å². The highest BCUT2D eigenvalue weighted by atomic mass is 16.5. The van der Waals surface area contributed by atoms with E-state index >= 15 is 0 Å². The number of ether oxygens (including phenoxy) is 1. The van der Waals surface area contributed by atoms with Crippen LogP contribution in [0.3, 0.4) is 0 Å². The Balaban J connectivity index is 1.86. The van der Waals surface area contributed by atoms with Crippen LogP contribution in [0.1, 0.15) is 16.7 Å². The van der Waals surface area contributed by atoms with Gasteiger partial charge in [0.25, 0.3) is 0 Å². The lowest BCUT2D eigenvalue weighted by Crippen LogP contribution is -2.13. The van der Waals surface area contributed by atoms with E-state index in [0.717, 1.165) is 25.3 Å². The van der Waals surface area contributed by atoms with Crippen LogP contribution in [0.2, 0.25) is 0 Å². The molecule has 20 heavy (non-hydrogen) atoms. The van der Waals surface area contributed by atoms with Crippen molar-refractivity contribution in [3.05, 3.63) is 65.2 Å². The monoisotopic (exact) mass is 270 g/mol. The molecule has 2 aromatic carbocycles. The minimum absolute atomic E-state index is 0.700. The molecule has 0 heterocycles. The first-order chi connectivity index (χ1) is 9.83. The number of nitrogens with two attached hydrogens (primary N) is 1. The van der Waals surface area contributed by atoms with Gasteiger partial charge in [-0.25, -0.2) is 0 Å². The van der Waals surface area contributed by atoms with Crippen molar-refractivity contribution in [2.75, 3.05) is 13.7 Å². The lowest BCUT2D eigenvalue weighted by molar-refractivity contribution is 0.407. The van der Waals surface area contributed by atoms with Crippen molar-refractivity contribution in [2.24, 2.45) is 5.73 Å². The van der Waals surface area contributed by atoms with Crippen LogP contribution in [0.25, 0.3) is 0 Å². The standard InChI is InChI=1S/C17H22N2O/c1-20-17-5-3-2-4-16(17)13-19-12-15-8-6-14(7-9-15)10-11-18/h2-9,19H,10-13,18H2,1H3. The molecule has 0 saturated heterocycles. The van der Waals surface area contributed by atoms with E-state index in [9.17, 15) is 0 Å². The van der Waals surface area contributed by atoms with E-state index in [-0.39, 0.29) is 0 Å². The fourth-order valence-electron chi connectivity index (χ4n) is 2.18. The quantitative estimate of drug-likeness (QED) is 0.812. The number of para-hydroxylation sites is 1. The topological polar surface area (TPSA) is 47.3 Å². The van der Waals surface area contributed by atoms with Crippen molar-refractivity contribution in [1.29, 1.82) is 0 Å². The molecule has 0 aromatic heterocycles. The van der Waals surface area contributed by atoms with E-state index in [2.05, 4.69) is 35.6 Å². The van der Waals surface area contributed by atoms with Crippen molar-refractivity contribution in [2.45, 2.75) is 19.5 Å².